The van der Waals surface area contributed by atoms with Gasteiger partial charge < -0.3 is 4.74 Å². The van der Waals surface area contributed by atoms with Gasteiger partial charge in [-0.3, -0.25) is 9.59 Å². The van der Waals surface area contributed by atoms with Gasteiger partial charge in [0.05, 0.1) is 5.92 Å². The van der Waals surface area contributed by atoms with E-state index in [1.807, 2.05) is 0 Å². The van der Waals surface area contributed by atoms with Gasteiger partial charge in [0.25, 0.3) is 0 Å². The third kappa shape index (κ3) is 3.46. The summed E-state index contributed by atoms with van der Waals surface area (Å²) in [5.41, 5.74) is 0. The fourth-order valence-corrected chi connectivity index (χ4v) is 1.59. The van der Waals surface area contributed by atoms with Gasteiger partial charge in [-0.05, 0) is 12.8 Å². The summed E-state index contributed by atoms with van der Waals surface area (Å²) in [4.78, 5) is 22.2. The van der Waals surface area contributed by atoms with Crippen molar-refractivity contribution >= 4 is 27.7 Å². The van der Waals surface area contributed by atoms with Crippen LogP contribution >= 0.6 is 15.9 Å². The van der Waals surface area contributed by atoms with E-state index in [-0.39, 0.29) is 17.7 Å². The van der Waals surface area contributed by atoms with Gasteiger partial charge in [0.2, 0.25) is 0 Å². The lowest BCUT2D eigenvalue weighted by molar-refractivity contribution is -0.149. The van der Waals surface area contributed by atoms with E-state index >= 15 is 0 Å². The largest absolute Gasteiger partial charge is 0.465 e. The number of hydrogen-bond donors (Lipinski definition) is 0. The first-order valence-corrected chi connectivity index (χ1v) is 5.60. The fraction of sp³-hybridized carbons (Fsp3) is 0.778. The predicted molar refractivity (Wildman–Crippen MR) is 51.7 cm³/mol. The summed E-state index contributed by atoms with van der Waals surface area (Å²) in [6, 6.07) is 0. The maximum Gasteiger partial charge on any atom is 0.308 e. The third-order valence-corrected chi connectivity index (χ3v) is 2.52. The van der Waals surface area contributed by atoms with Crippen LogP contribution in [0.15, 0.2) is 0 Å². The number of esters is 1. The Labute approximate surface area is 86.0 Å². The van der Waals surface area contributed by atoms with Gasteiger partial charge >= 0.3 is 5.97 Å². The molecule has 0 atom stereocenters. The number of Topliss-reactive ketones (excluding diaryl/α,β-unsaturated/α-hetero) is 1. The van der Waals surface area contributed by atoms with E-state index in [0.717, 1.165) is 0 Å². The highest BCUT2D eigenvalue weighted by molar-refractivity contribution is 9.09. The number of carbonyl (C=O) groups is 2. The summed E-state index contributed by atoms with van der Waals surface area (Å²) >= 11 is 3.18. The molecule has 1 saturated carbocycles. The number of carbonyl (C=O) groups excluding carboxylic acids is 2. The summed E-state index contributed by atoms with van der Waals surface area (Å²) < 4.78 is 4.97. The van der Waals surface area contributed by atoms with E-state index < -0.39 is 0 Å². The molecule has 1 aliphatic carbocycles. The zero-order valence-corrected chi connectivity index (χ0v) is 9.01. The molecule has 0 aromatic heterocycles. The third-order valence-electron chi connectivity index (χ3n) is 2.20. The molecule has 0 spiro atoms. The molecule has 0 unspecified atom stereocenters. The average molecular weight is 249 g/mol. The van der Waals surface area contributed by atoms with Crippen LogP contribution in [-0.4, -0.2) is 23.7 Å². The normalized spacial score (nSPS) is 18.7. The lowest BCUT2D eigenvalue weighted by Gasteiger charge is -2.18. The van der Waals surface area contributed by atoms with Crippen LogP contribution < -0.4 is 0 Å². The second-order valence-electron chi connectivity index (χ2n) is 3.17. The zero-order valence-electron chi connectivity index (χ0n) is 7.42. The van der Waals surface area contributed by atoms with E-state index in [1.165, 1.54) is 0 Å². The van der Waals surface area contributed by atoms with Crippen LogP contribution in [0, 0.1) is 5.92 Å². The molecular formula is C9H13BrO3. The van der Waals surface area contributed by atoms with E-state index in [4.69, 9.17) is 4.74 Å². The molecular weight excluding hydrogens is 236 g/mol. The van der Waals surface area contributed by atoms with Gasteiger partial charge in [-0.2, -0.15) is 0 Å². The summed E-state index contributed by atoms with van der Waals surface area (Å²) in [5.74, 6) is 0.0771. The number of rotatable bonds is 3. The highest BCUT2D eigenvalue weighted by atomic mass is 79.9. The molecule has 0 radical (unpaired) electrons. The molecule has 1 rings (SSSR count). The molecule has 3 nitrogen and oxygen atoms in total. The molecule has 0 aromatic rings. The fourth-order valence-electron chi connectivity index (χ4n) is 1.43. The number of ketones is 1. The summed E-state index contributed by atoms with van der Waals surface area (Å²) in [5, 5.41) is 0.671. The molecule has 0 aliphatic heterocycles. The van der Waals surface area contributed by atoms with Crippen LogP contribution in [0.2, 0.25) is 0 Å². The monoisotopic (exact) mass is 248 g/mol. The van der Waals surface area contributed by atoms with Crippen molar-refractivity contribution in [2.24, 2.45) is 5.92 Å². The first kappa shape index (κ1) is 10.7. The average Bonchev–Trinajstić information content (AvgIpc) is 2.15. The number of halogens is 1. The Bertz CT molecular complexity index is 193. The Kier molecular flexibility index (Phi) is 4.42. The second-order valence-corrected chi connectivity index (χ2v) is 3.96. The molecule has 1 fully saturated rings. The van der Waals surface area contributed by atoms with Crippen molar-refractivity contribution < 1.29 is 14.3 Å². The van der Waals surface area contributed by atoms with E-state index in [9.17, 15) is 9.59 Å². The van der Waals surface area contributed by atoms with Gasteiger partial charge in [0.1, 0.15) is 12.4 Å². The minimum absolute atomic E-state index is 0.0447. The SMILES string of the molecule is O=C1CCC(C(=O)OCCBr)CC1. The Morgan fingerprint density at radius 3 is 2.62 bits per heavy atom. The summed E-state index contributed by atoms with van der Waals surface area (Å²) in [6.07, 6.45) is 2.40. The standard InChI is InChI=1S/C9H13BrO3/c10-5-6-13-9(12)7-1-3-8(11)4-2-7/h7H,1-6H2. The van der Waals surface area contributed by atoms with E-state index in [1.54, 1.807) is 0 Å². The minimum Gasteiger partial charge on any atom is -0.465 e. The topological polar surface area (TPSA) is 43.4 Å². The van der Waals surface area contributed by atoms with Crippen molar-refractivity contribution in [2.75, 3.05) is 11.9 Å². The smallest absolute Gasteiger partial charge is 0.308 e. The summed E-state index contributed by atoms with van der Waals surface area (Å²) in [6.45, 7) is 0.420. The van der Waals surface area contributed by atoms with Crippen LogP contribution in [0.4, 0.5) is 0 Å². The van der Waals surface area contributed by atoms with Crippen molar-refractivity contribution in [3.63, 3.8) is 0 Å². The van der Waals surface area contributed by atoms with Crippen molar-refractivity contribution in [1.29, 1.82) is 0 Å². The Morgan fingerprint density at radius 2 is 2.08 bits per heavy atom. The zero-order chi connectivity index (χ0) is 9.68. The van der Waals surface area contributed by atoms with Gasteiger partial charge in [0, 0.05) is 18.2 Å². The maximum atomic E-state index is 11.3. The molecule has 0 aromatic carbocycles. The molecule has 4 heteroatoms. The Hall–Kier alpha value is -0.380. The molecule has 0 bridgehead atoms. The second kappa shape index (κ2) is 5.37. The Balaban J connectivity index is 2.27. The van der Waals surface area contributed by atoms with Gasteiger partial charge in [-0.25, -0.2) is 0 Å². The van der Waals surface area contributed by atoms with Crippen LogP contribution in [0.25, 0.3) is 0 Å². The number of hydrogen-bond acceptors (Lipinski definition) is 3. The molecule has 1 aliphatic rings. The van der Waals surface area contributed by atoms with E-state index in [2.05, 4.69) is 15.9 Å². The highest BCUT2D eigenvalue weighted by Gasteiger charge is 2.25. The highest BCUT2D eigenvalue weighted by Crippen LogP contribution is 2.22. The number of ether oxygens (including phenoxy) is 1. The first-order chi connectivity index (χ1) is 6.24. The maximum absolute atomic E-state index is 11.3. The van der Waals surface area contributed by atoms with Gasteiger partial charge in [0.15, 0.2) is 0 Å². The molecule has 0 amide bonds. The van der Waals surface area contributed by atoms with Crippen molar-refractivity contribution in [1.82, 2.24) is 0 Å². The minimum atomic E-state index is -0.146. The molecule has 0 saturated heterocycles. The van der Waals surface area contributed by atoms with Crippen LogP contribution in [0.1, 0.15) is 25.7 Å². The number of alkyl halides is 1. The summed E-state index contributed by atoms with van der Waals surface area (Å²) in [7, 11) is 0. The van der Waals surface area contributed by atoms with Crippen molar-refractivity contribution in [2.45, 2.75) is 25.7 Å². The van der Waals surface area contributed by atoms with Crippen LogP contribution in [0.5, 0.6) is 0 Å². The van der Waals surface area contributed by atoms with Gasteiger partial charge in [-0.1, -0.05) is 15.9 Å². The molecule has 13 heavy (non-hydrogen) atoms. The molecule has 0 heterocycles. The van der Waals surface area contributed by atoms with Crippen molar-refractivity contribution in [3.8, 4) is 0 Å². The quantitative estimate of drug-likeness (QED) is 0.564. The predicted octanol–water partition coefficient (Wildman–Crippen LogP) is 1.68. The van der Waals surface area contributed by atoms with E-state index in [0.29, 0.717) is 37.6 Å². The van der Waals surface area contributed by atoms with Crippen LogP contribution in [0.3, 0.4) is 0 Å². The first-order valence-electron chi connectivity index (χ1n) is 4.48. The van der Waals surface area contributed by atoms with Crippen molar-refractivity contribution in [3.05, 3.63) is 0 Å². The molecule has 74 valence electrons. The molecule has 0 N–H and O–H groups in total. The Morgan fingerprint density at radius 1 is 1.46 bits per heavy atom. The lowest BCUT2D eigenvalue weighted by atomic mass is 9.88. The van der Waals surface area contributed by atoms with Gasteiger partial charge in [-0.15, -0.1) is 0 Å². The van der Waals surface area contributed by atoms with Crippen LogP contribution in [-0.2, 0) is 14.3 Å². The lowest BCUT2D eigenvalue weighted by Crippen LogP contribution is -2.24.